The van der Waals surface area contributed by atoms with E-state index >= 15 is 0 Å². The predicted molar refractivity (Wildman–Crippen MR) is 148 cm³/mol. The molecule has 2 amide bonds. The molecule has 0 unspecified atom stereocenters. The van der Waals surface area contributed by atoms with Gasteiger partial charge in [-0.3, -0.25) is 9.59 Å². The highest BCUT2D eigenvalue weighted by Gasteiger charge is 2.25. The number of carbonyl (C=O) groups is 2. The zero-order chi connectivity index (χ0) is 26.0. The topological polar surface area (TPSA) is 83.1 Å². The molecule has 1 aliphatic heterocycles. The van der Waals surface area contributed by atoms with E-state index in [-0.39, 0.29) is 17.7 Å². The maximum Gasteiger partial charge on any atom is 0.253 e. The van der Waals surface area contributed by atoms with Gasteiger partial charge in [0.1, 0.15) is 5.75 Å². The molecule has 0 spiro atoms. The Morgan fingerprint density at radius 3 is 2.38 bits per heavy atom. The van der Waals surface area contributed by atoms with Crippen molar-refractivity contribution in [2.75, 3.05) is 68.2 Å². The number of amides is 2. The van der Waals surface area contributed by atoms with Gasteiger partial charge < -0.3 is 29.9 Å². The number of ether oxygens (including phenoxy) is 2. The summed E-state index contributed by atoms with van der Waals surface area (Å²) < 4.78 is 10.9. The van der Waals surface area contributed by atoms with E-state index in [1.807, 2.05) is 43.3 Å². The standard InChI is InChI=1S/C29H40N4O4/c1-3-37-20-8-15-30-29(35)24-21-23(31-28(34)22-9-4-5-10-22)13-14-25(24)32-16-18-33(19-17-32)26-11-6-7-12-27(26)36-2/h6-7,11-14,21-22H,3-5,8-10,15-20H2,1-2H3,(H,30,35)(H,31,34). The molecule has 2 aromatic carbocycles. The number of piperazine rings is 1. The van der Waals surface area contributed by atoms with Crippen LogP contribution in [0.1, 0.15) is 49.4 Å². The highest BCUT2D eigenvalue weighted by atomic mass is 16.5. The van der Waals surface area contributed by atoms with Crippen molar-refractivity contribution in [3.8, 4) is 5.75 Å². The minimum Gasteiger partial charge on any atom is -0.495 e. The number of para-hydroxylation sites is 2. The van der Waals surface area contributed by atoms with Gasteiger partial charge in [-0.05, 0) is 56.5 Å². The fourth-order valence-corrected chi connectivity index (χ4v) is 5.20. The zero-order valence-electron chi connectivity index (χ0n) is 22.1. The van der Waals surface area contributed by atoms with E-state index in [2.05, 4.69) is 26.5 Å². The average Bonchev–Trinajstić information content (AvgIpc) is 3.48. The number of carbonyl (C=O) groups excluding carboxylic acids is 2. The Balaban J connectivity index is 1.48. The van der Waals surface area contributed by atoms with Gasteiger partial charge in [-0.25, -0.2) is 0 Å². The van der Waals surface area contributed by atoms with Gasteiger partial charge in [0.15, 0.2) is 0 Å². The maximum absolute atomic E-state index is 13.3. The third kappa shape index (κ3) is 6.95. The van der Waals surface area contributed by atoms with Crippen molar-refractivity contribution < 1.29 is 19.1 Å². The van der Waals surface area contributed by atoms with Gasteiger partial charge in [-0.1, -0.05) is 25.0 Å². The largest absolute Gasteiger partial charge is 0.495 e. The number of hydrogen-bond donors (Lipinski definition) is 2. The van der Waals surface area contributed by atoms with Gasteiger partial charge in [-0.2, -0.15) is 0 Å². The molecule has 1 heterocycles. The first kappa shape index (κ1) is 26.8. The molecular formula is C29H40N4O4. The highest BCUT2D eigenvalue weighted by Crippen LogP contribution is 2.31. The molecule has 0 atom stereocenters. The summed E-state index contributed by atoms with van der Waals surface area (Å²) in [7, 11) is 1.70. The summed E-state index contributed by atoms with van der Waals surface area (Å²) >= 11 is 0. The first-order valence-corrected chi connectivity index (χ1v) is 13.5. The van der Waals surface area contributed by atoms with Crippen LogP contribution in [0.2, 0.25) is 0 Å². The lowest BCUT2D eigenvalue weighted by Gasteiger charge is -2.38. The first-order chi connectivity index (χ1) is 18.1. The van der Waals surface area contributed by atoms with Gasteiger partial charge in [0.25, 0.3) is 5.91 Å². The normalized spacial score (nSPS) is 16.1. The Hall–Kier alpha value is -3.26. The van der Waals surface area contributed by atoms with Crippen molar-refractivity contribution in [2.24, 2.45) is 5.92 Å². The molecule has 2 fully saturated rings. The Morgan fingerprint density at radius 1 is 0.973 bits per heavy atom. The second-order valence-corrected chi connectivity index (χ2v) is 9.65. The molecule has 2 aliphatic rings. The highest BCUT2D eigenvalue weighted by molar-refractivity contribution is 6.02. The van der Waals surface area contributed by atoms with Gasteiger partial charge in [0.2, 0.25) is 5.91 Å². The number of rotatable bonds is 11. The number of methoxy groups -OCH3 is 1. The van der Waals surface area contributed by atoms with Crippen LogP contribution in [-0.2, 0) is 9.53 Å². The van der Waals surface area contributed by atoms with E-state index in [9.17, 15) is 9.59 Å². The summed E-state index contributed by atoms with van der Waals surface area (Å²) in [5.41, 5.74) is 3.24. The predicted octanol–water partition coefficient (Wildman–Crippen LogP) is 4.31. The van der Waals surface area contributed by atoms with Crippen LogP contribution < -0.4 is 25.2 Å². The van der Waals surface area contributed by atoms with Crippen LogP contribution in [0.5, 0.6) is 5.75 Å². The second kappa shape index (κ2) is 13.3. The summed E-state index contributed by atoms with van der Waals surface area (Å²) in [6, 6.07) is 13.8. The van der Waals surface area contributed by atoms with Crippen molar-refractivity contribution in [1.82, 2.24) is 5.32 Å². The van der Waals surface area contributed by atoms with E-state index < -0.39 is 0 Å². The molecule has 200 valence electrons. The molecule has 1 saturated heterocycles. The Kier molecular flexibility index (Phi) is 9.65. The fourth-order valence-electron chi connectivity index (χ4n) is 5.20. The molecule has 2 aromatic rings. The minimum atomic E-state index is -0.129. The van der Waals surface area contributed by atoms with Crippen LogP contribution in [-0.4, -0.2) is 64.9 Å². The number of benzene rings is 2. The molecule has 1 saturated carbocycles. The third-order valence-corrected chi connectivity index (χ3v) is 7.24. The van der Waals surface area contributed by atoms with Gasteiger partial charge in [0.05, 0.1) is 18.4 Å². The summed E-state index contributed by atoms with van der Waals surface area (Å²) in [6.45, 7) is 6.97. The third-order valence-electron chi connectivity index (χ3n) is 7.24. The number of nitrogens with one attached hydrogen (secondary N) is 2. The lowest BCUT2D eigenvalue weighted by molar-refractivity contribution is -0.119. The van der Waals surface area contributed by atoms with Crippen molar-refractivity contribution >= 4 is 28.9 Å². The van der Waals surface area contributed by atoms with Crippen molar-refractivity contribution in [3.63, 3.8) is 0 Å². The van der Waals surface area contributed by atoms with E-state index in [1.165, 1.54) is 0 Å². The van der Waals surface area contributed by atoms with E-state index in [4.69, 9.17) is 9.47 Å². The van der Waals surface area contributed by atoms with Crippen molar-refractivity contribution in [3.05, 3.63) is 48.0 Å². The van der Waals surface area contributed by atoms with Crippen LogP contribution in [0.4, 0.5) is 17.1 Å². The van der Waals surface area contributed by atoms with Crippen LogP contribution in [0.15, 0.2) is 42.5 Å². The molecular weight excluding hydrogens is 468 g/mol. The summed E-state index contributed by atoms with van der Waals surface area (Å²) in [6.07, 6.45) is 4.84. The Morgan fingerprint density at radius 2 is 1.68 bits per heavy atom. The quantitative estimate of drug-likeness (QED) is 0.440. The van der Waals surface area contributed by atoms with Gasteiger partial charge in [0, 0.05) is 63.2 Å². The minimum absolute atomic E-state index is 0.0544. The molecule has 1 aliphatic carbocycles. The average molecular weight is 509 g/mol. The SMILES string of the molecule is CCOCCCNC(=O)c1cc(NC(=O)C2CCCC2)ccc1N1CCN(c2ccccc2OC)CC1. The second-order valence-electron chi connectivity index (χ2n) is 9.65. The molecule has 8 nitrogen and oxygen atoms in total. The number of hydrogen-bond acceptors (Lipinski definition) is 6. The molecule has 37 heavy (non-hydrogen) atoms. The van der Waals surface area contributed by atoms with E-state index in [0.29, 0.717) is 31.0 Å². The maximum atomic E-state index is 13.3. The smallest absolute Gasteiger partial charge is 0.253 e. The Labute approximate surface area is 220 Å². The summed E-state index contributed by atoms with van der Waals surface area (Å²) in [5.74, 6) is 0.860. The molecule has 0 radical (unpaired) electrons. The Bertz CT molecular complexity index is 1050. The van der Waals surface area contributed by atoms with Crippen LogP contribution in [0, 0.1) is 5.92 Å². The summed E-state index contributed by atoms with van der Waals surface area (Å²) in [5, 5.41) is 6.09. The zero-order valence-corrected chi connectivity index (χ0v) is 22.1. The first-order valence-electron chi connectivity index (χ1n) is 13.5. The van der Waals surface area contributed by atoms with Gasteiger partial charge in [-0.15, -0.1) is 0 Å². The number of nitrogens with zero attached hydrogens (tertiary/aromatic N) is 2. The molecule has 8 heteroatoms. The van der Waals surface area contributed by atoms with Crippen LogP contribution in [0.25, 0.3) is 0 Å². The van der Waals surface area contributed by atoms with E-state index in [1.54, 1.807) is 7.11 Å². The molecule has 0 aromatic heterocycles. The molecule has 0 bridgehead atoms. The monoisotopic (exact) mass is 508 g/mol. The van der Waals surface area contributed by atoms with Crippen LogP contribution in [0.3, 0.4) is 0 Å². The van der Waals surface area contributed by atoms with E-state index in [0.717, 1.165) is 75.4 Å². The summed E-state index contributed by atoms with van der Waals surface area (Å²) in [4.78, 5) is 30.6. The lowest BCUT2D eigenvalue weighted by Crippen LogP contribution is -2.47. The molecule has 2 N–H and O–H groups in total. The van der Waals surface area contributed by atoms with Gasteiger partial charge >= 0.3 is 0 Å². The number of anilines is 3. The van der Waals surface area contributed by atoms with Crippen molar-refractivity contribution in [2.45, 2.75) is 39.0 Å². The van der Waals surface area contributed by atoms with Crippen molar-refractivity contribution in [1.29, 1.82) is 0 Å². The van der Waals surface area contributed by atoms with Crippen LogP contribution >= 0.6 is 0 Å². The lowest BCUT2D eigenvalue weighted by atomic mass is 10.1. The fraction of sp³-hybridized carbons (Fsp3) is 0.517. The molecule has 4 rings (SSSR count).